The van der Waals surface area contributed by atoms with E-state index in [0.717, 1.165) is 16.8 Å². The predicted molar refractivity (Wildman–Crippen MR) is 119 cm³/mol. The number of carbonyl (C=O) groups is 2. The second kappa shape index (κ2) is 10.0. The van der Waals surface area contributed by atoms with Gasteiger partial charge in [-0.3, -0.25) is 19.8 Å². The van der Waals surface area contributed by atoms with Gasteiger partial charge in [0.2, 0.25) is 5.91 Å². The van der Waals surface area contributed by atoms with Crippen LogP contribution in [0.15, 0.2) is 47.8 Å². The van der Waals surface area contributed by atoms with Crippen LogP contribution in [-0.4, -0.2) is 28.4 Å². The lowest BCUT2D eigenvalue weighted by Gasteiger charge is -2.21. The van der Waals surface area contributed by atoms with E-state index in [1.165, 1.54) is 41.4 Å². The summed E-state index contributed by atoms with van der Waals surface area (Å²) in [7, 11) is 0. The van der Waals surface area contributed by atoms with Crippen LogP contribution in [0.25, 0.3) is 0 Å². The molecular formula is C22H21N3O6S. The summed E-state index contributed by atoms with van der Waals surface area (Å²) >= 11 is 1.26. The Bertz CT molecular complexity index is 1160. The number of amides is 1. The summed E-state index contributed by atoms with van der Waals surface area (Å²) in [5.41, 5.74) is 3.00. The highest BCUT2D eigenvalue weighted by Gasteiger charge is 2.21. The number of hydrogen-bond acceptors (Lipinski definition) is 8. The Morgan fingerprint density at radius 3 is 2.62 bits per heavy atom. The Morgan fingerprint density at radius 1 is 1.16 bits per heavy atom. The Kier molecular flexibility index (Phi) is 7.16. The molecule has 1 amide bonds. The van der Waals surface area contributed by atoms with Crippen LogP contribution < -0.4 is 9.64 Å². The summed E-state index contributed by atoms with van der Waals surface area (Å²) < 4.78 is 10.4. The lowest BCUT2D eigenvalue weighted by atomic mass is 10.1. The summed E-state index contributed by atoms with van der Waals surface area (Å²) in [6.45, 7) is 4.77. The third-order valence-corrected chi connectivity index (χ3v) is 5.53. The average molecular weight is 455 g/mol. The van der Waals surface area contributed by atoms with Crippen LogP contribution in [0.1, 0.15) is 23.7 Å². The van der Waals surface area contributed by atoms with Gasteiger partial charge >= 0.3 is 11.7 Å². The number of hydrogen-bond donors (Lipinski definition) is 0. The molecule has 0 N–H and O–H groups in total. The number of ether oxygens (including phenoxy) is 2. The largest absolute Gasteiger partial charge is 0.475 e. The fourth-order valence-electron chi connectivity index (χ4n) is 2.91. The molecule has 0 saturated heterocycles. The van der Waals surface area contributed by atoms with Gasteiger partial charge in [0, 0.05) is 18.4 Å². The van der Waals surface area contributed by atoms with Crippen LogP contribution in [0.2, 0.25) is 0 Å². The minimum absolute atomic E-state index is 0.0176. The first kappa shape index (κ1) is 22.9. The van der Waals surface area contributed by atoms with Gasteiger partial charge in [0.15, 0.2) is 17.5 Å². The number of nitro groups is 1. The summed E-state index contributed by atoms with van der Waals surface area (Å²) in [4.78, 5) is 40.7. The van der Waals surface area contributed by atoms with Gasteiger partial charge in [-0.05, 0) is 37.1 Å². The highest BCUT2D eigenvalue weighted by Crippen LogP contribution is 2.32. The monoisotopic (exact) mass is 455 g/mol. The molecule has 2 aromatic carbocycles. The molecule has 0 aliphatic heterocycles. The highest BCUT2D eigenvalue weighted by molar-refractivity contribution is 7.14. The van der Waals surface area contributed by atoms with Crippen molar-refractivity contribution in [3.63, 3.8) is 0 Å². The zero-order valence-electron chi connectivity index (χ0n) is 17.7. The fraction of sp³-hybridized carbons (Fsp3) is 0.227. The van der Waals surface area contributed by atoms with E-state index in [2.05, 4.69) is 4.98 Å². The van der Waals surface area contributed by atoms with Crippen LogP contribution in [0, 0.1) is 24.0 Å². The molecule has 0 fully saturated rings. The quantitative estimate of drug-likeness (QED) is 0.280. The molecule has 0 saturated carbocycles. The van der Waals surface area contributed by atoms with E-state index in [0.29, 0.717) is 10.8 Å². The summed E-state index contributed by atoms with van der Waals surface area (Å²) in [6.07, 6.45) is 0. The van der Waals surface area contributed by atoms with Gasteiger partial charge in [-0.2, -0.15) is 0 Å². The molecule has 10 heteroatoms. The van der Waals surface area contributed by atoms with Crippen molar-refractivity contribution in [2.24, 2.45) is 0 Å². The molecule has 0 bridgehead atoms. The molecule has 3 aromatic rings. The van der Waals surface area contributed by atoms with Crippen molar-refractivity contribution < 1.29 is 24.0 Å². The summed E-state index contributed by atoms with van der Waals surface area (Å²) in [5.74, 6) is -0.902. The first-order valence-corrected chi connectivity index (χ1v) is 10.5. The van der Waals surface area contributed by atoms with Crippen molar-refractivity contribution in [3.05, 3.63) is 74.8 Å². The number of nitro benzene ring substituents is 1. The van der Waals surface area contributed by atoms with Crippen molar-refractivity contribution in [2.45, 2.75) is 27.4 Å². The lowest BCUT2D eigenvalue weighted by molar-refractivity contribution is -0.385. The van der Waals surface area contributed by atoms with E-state index < -0.39 is 17.5 Å². The van der Waals surface area contributed by atoms with Gasteiger partial charge in [0.05, 0.1) is 16.3 Å². The maximum absolute atomic E-state index is 12.3. The van der Waals surface area contributed by atoms with Crippen LogP contribution in [0.5, 0.6) is 5.75 Å². The number of aromatic nitrogens is 1. The standard InChI is InChI=1S/C22H21N3O6S/c1-14-7-6-9-18(15(14)2)24(16(3)26)22-23-17(13-32-22)11-31-21(27)12-30-20-10-5-4-8-19(20)25(28)29/h4-10,13H,11-12H2,1-3H3. The van der Waals surface area contributed by atoms with Crippen LogP contribution >= 0.6 is 11.3 Å². The number of anilines is 2. The third kappa shape index (κ3) is 5.27. The average Bonchev–Trinajstić information content (AvgIpc) is 3.22. The fourth-order valence-corrected chi connectivity index (χ4v) is 3.78. The van der Waals surface area contributed by atoms with Gasteiger partial charge < -0.3 is 9.47 Å². The lowest BCUT2D eigenvalue weighted by Crippen LogP contribution is -2.23. The molecule has 0 aliphatic rings. The van der Waals surface area contributed by atoms with E-state index in [-0.39, 0.29) is 24.0 Å². The normalized spacial score (nSPS) is 10.5. The van der Waals surface area contributed by atoms with Gasteiger partial charge in [0.1, 0.15) is 6.61 Å². The number of esters is 1. The molecule has 0 unspecified atom stereocenters. The molecule has 166 valence electrons. The molecule has 0 aliphatic carbocycles. The van der Waals surface area contributed by atoms with E-state index in [4.69, 9.17) is 9.47 Å². The van der Waals surface area contributed by atoms with Gasteiger partial charge in [-0.15, -0.1) is 11.3 Å². The number of aryl methyl sites for hydroxylation is 1. The minimum Gasteiger partial charge on any atom is -0.475 e. The molecule has 32 heavy (non-hydrogen) atoms. The van der Waals surface area contributed by atoms with Gasteiger partial charge in [0.25, 0.3) is 0 Å². The predicted octanol–water partition coefficient (Wildman–Crippen LogP) is 4.47. The molecule has 1 aromatic heterocycles. The Balaban J connectivity index is 1.63. The first-order valence-electron chi connectivity index (χ1n) is 9.61. The molecule has 0 atom stereocenters. The Morgan fingerprint density at radius 2 is 1.91 bits per heavy atom. The van der Waals surface area contributed by atoms with E-state index in [1.807, 2.05) is 32.0 Å². The van der Waals surface area contributed by atoms with E-state index in [1.54, 1.807) is 11.4 Å². The number of thiazole rings is 1. The molecule has 0 radical (unpaired) electrons. The third-order valence-electron chi connectivity index (χ3n) is 4.65. The van der Waals surface area contributed by atoms with Crippen LogP contribution in [0.3, 0.4) is 0 Å². The second-order valence-corrected chi connectivity index (χ2v) is 7.71. The first-order chi connectivity index (χ1) is 15.3. The minimum atomic E-state index is -0.698. The van der Waals surface area contributed by atoms with Crippen molar-refractivity contribution in [3.8, 4) is 5.75 Å². The maximum Gasteiger partial charge on any atom is 0.344 e. The van der Waals surface area contributed by atoms with Crippen LogP contribution in [0.4, 0.5) is 16.5 Å². The van der Waals surface area contributed by atoms with Gasteiger partial charge in [-0.1, -0.05) is 24.3 Å². The zero-order chi connectivity index (χ0) is 23.3. The topological polar surface area (TPSA) is 112 Å². The van der Waals surface area contributed by atoms with Crippen molar-refractivity contribution in [2.75, 3.05) is 11.5 Å². The molecule has 3 rings (SSSR count). The highest BCUT2D eigenvalue weighted by atomic mass is 32.1. The number of rotatable bonds is 8. The number of carbonyl (C=O) groups excluding carboxylic acids is 2. The number of nitrogens with zero attached hydrogens (tertiary/aromatic N) is 3. The summed E-state index contributed by atoms with van der Waals surface area (Å²) in [5, 5.41) is 13.2. The molecule has 1 heterocycles. The second-order valence-electron chi connectivity index (χ2n) is 6.87. The number of para-hydroxylation sites is 2. The molecular weight excluding hydrogens is 434 g/mol. The van der Waals surface area contributed by atoms with Crippen molar-refractivity contribution in [1.82, 2.24) is 4.98 Å². The van der Waals surface area contributed by atoms with Crippen LogP contribution in [-0.2, 0) is 20.9 Å². The number of benzene rings is 2. The Labute approximate surface area is 188 Å². The zero-order valence-corrected chi connectivity index (χ0v) is 18.5. The van der Waals surface area contributed by atoms with Crippen molar-refractivity contribution >= 4 is 39.7 Å². The van der Waals surface area contributed by atoms with Gasteiger partial charge in [-0.25, -0.2) is 9.78 Å². The van der Waals surface area contributed by atoms with E-state index >= 15 is 0 Å². The maximum atomic E-state index is 12.3. The molecule has 0 spiro atoms. The molecule has 9 nitrogen and oxygen atoms in total. The SMILES string of the molecule is CC(=O)N(c1nc(COC(=O)COc2ccccc2[N+](=O)[O-])cs1)c1cccc(C)c1C. The van der Waals surface area contributed by atoms with Crippen molar-refractivity contribution in [1.29, 1.82) is 0 Å². The smallest absolute Gasteiger partial charge is 0.344 e. The summed E-state index contributed by atoms with van der Waals surface area (Å²) in [6, 6.07) is 11.5. The Hall–Kier alpha value is -3.79. The van der Waals surface area contributed by atoms with E-state index in [9.17, 15) is 19.7 Å².